The fourth-order valence-corrected chi connectivity index (χ4v) is 1.45. The van der Waals surface area contributed by atoms with Crippen LogP contribution >= 0.6 is 0 Å². The number of rotatable bonds is 5. The summed E-state index contributed by atoms with van der Waals surface area (Å²) in [5.74, 6) is -0.887. The van der Waals surface area contributed by atoms with E-state index in [9.17, 15) is 4.79 Å². The molecule has 3 nitrogen and oxygen atoms in total. The molecule has 0 aliphatic rings. The molecule has 0 saturated heterocycles. The Morgan fingerprint density at radius 2 is 2.06 bits per heavy atom. The molecule has 0 aliphatic heterocycles. The highest BCUT2D eigenvalue weighted by Crippen LogP contribution is 2.23. The molecule has 0 saturated carbocycles. The quantitative estimate of drug-likeness (QED) is 0.820. The molecule has 1 aromatic carbocycles. The molecule has 0 amide bonds. The van der Waals surface area contributed by atoms with Gasteiger partial charge in [0.05, 0.1) is 5.56 Å². The normalized spacial score (nSPS) is 11.3. The molecule has 0 spiro atoms. The molecular formula is C14H21NO2. The summed E-state index contributed by atoms with van der Waals surface area (Å²) in [7, 11) is 0. The van der Waals surface area contributed by atoms with Gasteiger partial charge in [0.15, 0.2) is 0 Å². The van der Waals surface area contributed by atoms with Gasteiger partial charge in [0, 0.05) is 12.2 Å². The number of aromatic carboxylic acids is 1. The third-order valence-electron chi connectivity index (χ3n) is 3.12. The molecule has 3 heteroatoms. The minimum atomic E-state index is -0.887. The van der Waals surface area contributed by atoms with E-state index in [1.54, 1.807) is 6.07 Å². The third kappa shape index (κ3) is 3.77. The van der Waals surface area contributed by atoms with Crippen LogP contribution in [-0.4, -0.2) is 17.6 Å². The highest BCUT2D eigenvalue weighted by atomic mass is 16.4. The Bertz CT molecular complexity index is 411. The van der Waals surface area contributed by atoms with Crippen molar-refractivity contribution in [2.45, 2.75) is 34.1 Å². The summed E-state index contributed by atoms with van der Waals surface area (Å²) in [5.41, 5.74) is 2.27. The average Bonchev–Trinajstić information content (AvgIpc) is 2.26. The van der Waals surface area contributed by atoms with Crippen molar-refractivity contribution in [3.63, 3.8) is 0 Å². The molecule has 1 rings (SSSR count). The lowest BCUT2D eigenvalue weighted by Crippen LogP contribution is -2.23. The largest absolute Gasteiger partial charge is 0.478 e. The highest BCUT2D eigenvalue weighted by molar-refractivity contribution is 5.94. The Labute approximate surface area is 103 Å². The van der Waals surface area contributed by atoms with E-state index in [-0.39, 0.29) is 5.41 Å². The average molecular weight is 235 g/mol. The molecule has 0 atom stereocenters. The van der Waals surface area contributed by atoms with Gasteiger partial charge in [-0.1, -0.05) is 26.8 Å². The maximum Gasteiger partial charge on any atom is 0.337 e. The van der Waals surface area contributed by atoms with E-state index < -0.39 is 5.97 Å². The molecule has 0 heterocycles. The standard InChI is InChI=1S/C14H21NO2/c1-5-14(3,4)9-15-12-8-10(2)6-7-11(12)13(16)17/h6-8,15H,5,9H2,1-4H3,(H,16,17). The molecule has 0 aliphatic carbocycles. The van der Waals surface area contributed by atoms with Crippen molar-refractivity contribution in [2.24, 2.45) is 5.41 Å². The first-order valence-electron chi connectivity index (χ1n) is 5.93. The van der Waals surface area contributed by atoms with Gasteiger partial charge < -0.3 is 10.4 Å². The van der Waals surface area contributed by atoms with Gasteiger partial charge in [-0.15, -0.1) is 0 Å². The fourth-order valence-electron chi connectivity index (χ4n) is 1.45. The van der Waals surface area contributed by atoms with Crippen molar-refractivity contribution in [1.29, 1.82) is 0 Å². The lowest BCUT2D eigenvalue weighted by atomic mass is 9.90. The summed E-state index contributed by atoms with van der Waals surface area (Å²) in [6.07, 6.45) is 1.05. The second-order valence-electron chi connectivity index (χ2n) is 5.23. The Hall–Kier alpha value is -1.51. The number of nitrogens with one attached hydrogen (secondary N) is 1. The number of hydrogen-bond donors (Lipinski definition) is 2. The van der Waals surface area contributed by atoms with Crippen molar-refractivity contribution in [2.75, 3.05) is 11.9 Å². The summed E-state index contributed by atoms with van der Waals surface area (Å²) in [4.78, 5) is 11.1. The Morgan fingerprint density at radius 1 is 1.41 bits per heavy atom. The van der Waals surface area contributed by atoms with Gasteiger partial charge in [0.25, 0.3) is 0 Å². The van der Waals surface area contributed by atoms with E-state index in [2.05, 4.69) is 26.1 Å². The van der Waals surface area contributed by atoms with E-state index in [4.69, 9.17) is 5.11 Å². The van der Waals surface area contributed by atoms with E-state index in [1.165, 1.54) is 0 Å². The number of benzene rings is 1. The zero-order valence-electron chi connectivity index (χ0n) is 11.0. The lowest BCUT2D eigenvalue weighted by Gasteiger charge is -2.24. The molecular weight excluding hydrogens is 214 g/mol. The van der Waals surface area contributed by atoms with E-state index in [1.807, 2.05) is 19.1 Å². The first kappa shape index (κ1) is 13.6. The van der Waals surface area contributed by atoms with Crippen LogP contribution < -0.4 is 5.32 Å². The van der Waals surface area contributed by atoms with Gasteiger partial charge in [-0.2, -0.15) is 0 Å². The Morgan fingerprint density at radius 3 is 2.59 bits per heavy atom. The van der Waals surface area contributed by atoms with Crippen LogP contribution in [0.15, 0.2) is 18.2 Å². The molecule has 94 valence electrons. The summed E-state index contributed by atoms with van der Waals surface area (Å²) in [6.45, 7) is 9.19. The van der Waals surface area contributed by atoms with Crippen LogP contribution in [0.4, 0.5) is 5.69 Å². The topological polar surface area (TPSA) is 49.3 Å². The van der Waals surface area contributed by atoms with Gasteiger partial charge in [0.2, 0.25) is 0 Å². The first-order chi connectivity index (χ1) is 7.85. The van der Waals surface area contributed by atoms with Gasteiger partial charge >= 0.3 is 5.97 Å². The molecule has 0 fully saturated rings. The molecule has 1 aromatic rings. The van der Waals surface area contributed by atoms with Crippen molar-refractivity contribution in [3.8, 4) is 0 Å². The second kappa shape index (κ2) is 5.21. The summed E-state index contributed by atoms with van der Waals surface area (Å²) in [5, 5.41) is 12.3. The molecule has 0 radical (unpaired) electrons. The second-order valence-corrected chi connectivity index (χ2v) is 5.23. The minimum absolute atomic E-state index is 0.166. The minimum Gasteiger partial charge on any atom is -0.478 e. The van der Waals surface area contributed by atoms with Crippen molar-refractivity contribution in [1.82, 2.24) is 0 Å². The SMILES string of the molecule is CCC(C)(C)CNc1cc(C)ccc1C(=O)O. The summed E-state index contributed by atoms with van der Waals surface area (Å²) in [6, 6.07) is 5.35. The highest BCUT2D eigenvalue weighted by Gasteiger charge is 2.16. The van der Waals surface area contributed by atoms with Crippen LogP contribution in [0.5, 0.6) is 0 Å². The zero-order chi connectivity index (χ0) is 13.1. The molecule has 17 heavy (non-hydrogen) atoms. The van der Waals surface area contributed by atoms with Gasteiger partial charge in [0.1, 0.15) is 0 Å². The predicted octanol–water partition coefficient (Wildman–Crippen LogP) is 3.54. The number of aryl methyl sites for hydroxylation is 1. The number of hydrogen-bond acceptors (Lipinski definition) is 2. The van der Waals surface area contributed by atoms with Gasteiger partial charge in [-0.05, 0) is 36.5 Å². The zero-order valence-corrected chi connectivity index (χ0v) is 11.0. The van der Waals surface area contributed by atoms with E-state index in [0.29, 0.717) is 11.3 Å². The van der Waals surface area contributed by atoms with Gasteiger partial charge in [-0.25, -0.2) is 4.79 Å². The summed E-state index contributed by atoms with van der Waals surface area (Å²) < 4.78 is 0. The van der Waals surface area contributed by atoms with Crippen molar-refractivity contribution in [3.05, 3.63) is 29.3 Å². The van der Waals surface area contributed by atoms with Crippen molar-refractivity contribution < 1.29 is 9.90 Å². The van der Waals surface area contributed by atoms with Crippen LogP contribution in [0.25, 0.3) is 0 Å². The molecule has 2 N–H and O–H groups in total. The van der Waals surface area contributed by atoms with Gasteiger partial charge in [-0.3, -0.25) is 0 Å². The number of anilines is 1. The summed E-state index contributed by atoms with van der Waals surface area (Å²) >= 11 is 0. The number of carboxylic acid groups (broad SMARTS) is 1. The monoisotopic (exact) mass is 235 g/mol. The smallest absolute Gasteiger partial charge is 0.337 e. The Kier molecular flexibility index (Phi) is 4.16. The lowest BCUT2D eigenvalue weighted by molar-refractivity contribution is 0.0698. The Balaban J connectivity index is 2.89. The maximum absolute atomic E-state index is 11.1. The van der Waals surface area contributed by atoms with Crippen LogP contribution in [0, 0.1) is 12.3 Å². The third-order valence-corrected chi connectivity index (χ3v) is 3.12. The molecule has 0 bridgehead atoms. The van der Waals surface area contributed by atoms with Crippen LogP contribution in [-0.2, 0) is 0 Å². The van der Waals surface area contributed by atoms with Crippen LogP contribution in [0.1, 0.15) is 43.1 Å². The number of carboxylic acids is 1. The fraction of sp³-hybridized carbons (Fsp3) is 0.500. The van der Waals surface area contributed by atoms with Crippen LogP contribution in [0.2, 0.25) is 0 Å². The first-order valence-corrected chi connectivity index (χ1v) is 5.93. The predicted molar refractivity (Wildman–Crippen MR) is 70.7 cm³/mol. The molecule has 0 unspecified atom stereocenters. The maximum atomic E-state index is 11.1. The number of carbonyl (C=O) groups is 1. The molecule has 0 aromatic heterocycles. The van der Waals surface area contributed by atoms with Crippen LogP contribution in [0.3, 0.4) is 0 Å². The van der Waals surface area contributed by atoms with E-state index in [0.717, 1.165) is 18.5 Å². The van der Waals surface area contributed by atoms with E-state index >= 15 is 0 Å². The van der Waals surface area contributed by atoms with Crippen molar-refractivity contribution >= 4 is 11.7 Å².